The first-order valence-electron chi connectivity index (χ1n) is 5.00. The summed E-state index contributed by atoms with van der Waals surface area (Å²) in [6.45, 7) is 0. The van der Waals surface area contributed by atoms with Crippen LogP contribution in [0, 0.1) is 5.82 Å². The average Bonchev–Trinajstić information content (AvgIpc) is 2.82. The van der Waals surface area contributed by atoms with Crippen molar-refractivity contribution in [2.75, 3.05) is 0 Å². The molecule has 0 amide bonds. The summed E-state index contributed by atoms with van der Waals surface area (Å²) in [5.41, 5.74) is 3.50. The van der Waals surface area contributed by atoms with Gasteiger partial charge in [0.15, 0.2) is 0 Å². The van der Waals surface area contributed by atoms with E-state index >= 15 is 0 Å². The molecule has 0 radical (unpaired) electrons. The van der Waals surface area contributed by atoms with E-state index in [-0.39, 0.29) is 11.9 Å². The van der Waals surface area contributed by atoms with E-state index in [2.05, 4.69) is 26.3 Å². The molecule has 17 heavy (non-hydrogen) atoms. The molecule has 3 N–H and O–H groups in total. The molecular weight excluding hydrogens is 305 g/mol. The molecule has 2 rings (SSSR count). The van der Waals surface area contributed by atoms with Crippen LogP contribution in [0.3, 0.4) is 0 Å². The van der Waals surface area contributed by atoms with Crippen molar-refractivity contribution in [1.29, 1.82) is 0 Å². The molecule has 0 saturated heterocycles. The van der Waals surface area contributed by atoms with Gasteiger partial charge in [0, 0.05) is 18.0 Å². The van der Waals surface area contributed by atoms with Gasteiger partial charge in [-0.25, -0.2) is 9.37 Å². The fourth-order valence-electron chi connectivity index (χ4n) is 1.53. The zero-order valence-corrected chi connectivity index (χ0v) is 11.3. The SMILES string of the molecule is NNC(Cc1nccs1)c1ccc(Br)c(F)c1. The average molecular weight is 316 g/mol. The minimum atomic E-state index is -0.290. The summed E-state index contributed by atoms with van der Waals surface area (Å²) in [7, 11) is 0. The summed E-state index contributed by atoms with van der Waals surface area (Å²) in [6, 6.07) is 4.86. The molecule has 3 nitrogen and oxygen atoms in total. The number of aromatic nitrogens is 1. The molecule has 0 aliphatic carbocycles. The second kappa shape index (κ2) is 5.68. The summed E-state index contributed by atoms with van der Waals surface area (Å²) < 4.78 is 13.9. The van der Waals surface area contributed by atoms with Gasteiger partial charge < -0.3 is 0 Å². The van der Waals surface area contributed by atoms with Crippen LogP contribution >= 0.6 is 27.3 Å². The zero-order valence-electron chi connectivity index (χ0n) is 8.86. The minimum Gasteiger partial charge on any atom is -0.271 e. The van der Waals surface area contributed by atoms with Crippen LogP contribution in [0.4, 0.5) is 4.39 Å². The third-order valence-corrected chi connectivity index (χ3v) is 3.85. The summed E-state index contributed by atoms with van der Waals surface area (Å²) >= 11 is 4.68. The normalized spacial score (nSPS) is 12.6. The molecule has 0 aliphatic rings. The van der Waals surface area contributed by atoms with E-state index in [1.165, 1.54) is 6.07 Å². The highest BCUT2D eigenvalue weighted by Gasteiger charge is 2.13. The van der Waals surface area contributed by atoms with Crippen molar-refractivity contribution in [2.24, 2.45) is 5.84 Å². The van der Waals surface area contributed by atoms with Gasteiger partial charge in [-0.1, -0.05) is 6.07 Å². The lowest BCUT2D eigenvalue weighted by Crippen LogP contribution is -2.29. The van der Waals surface area contributed by atoms with Crippen LogP contribution in [-0.2, 0) is 6.42 Å². The van der Waals surface area contributed by atoms with Gasteiger partial charge in [0.1, 0.15) is 5.82 Å². The van der Waals surface area contributed by atoms with Crippen LogP contribution in [-0.4, -0.2) is 4.98 Å². The highest BCUT2D eigenvalue weighted by molar-refractivity contribution is 9.10. The Labute approximate surface area is 111 Å². The number of halogens is 2. The lowest BCUT2D eigenvalue weighted by atomic mass is 10.0. The third-order valence-electron chi connectivity index (χ3n) is 2.41. The lowest BCUT2D eigenvalue weighted by Gasteiger charge is -2.15. The monoisotopic (exact) mass is 315 g/mol. The summed E-state index contributed by atoms with van der Waals surface area (Å²) in [5.74, 6) is 5.21. The highest BCUT2D eigenvalue weighted by Crippen LogP contribution is 2.23. The number of nitrogens with zero attached hydrogens (tertiary/aromatic N) is 1. The summed E-state index contributed by atoms with van der Waals surface area (Å²) in [5, 5.41) is 2.88. The van der Waals surface area contributed by atoms with Crippen LogP contribution in [0.15, 0.2) is 34.2 Å². The quantitative estimate of drug-likeness (QED) is 0.674. The number of nitrogens with two attached hydrogens (primary N) is 1. The largest absolute Gasteiger partial charge is 0.271 e. The van der Waals surface area contributed by atoms with Crippen LogP contribution in [0.25, 0.3) is 0 Å². The van der Waals surface area contributed by atoms with Crippen LogP contribution in [0.2, 0.25) is 0 Å². The first-order chi connectivity index (χ1) is 8.20. The molecule has 0 aliphatic heterocycles. The fraction of sp³-hybridized carbons (Fsp3) is 0.182. The Morgan fingerprint density at radius 1 is 1.53 bits per heavy atom. The Hall–Kier alpha value is -0.820. The van der Waals surface area contributed by atoms with Gasteiger partial charge in [-0.05, 0) is 33.6 Å². The van der Waals surface area contributed by atoms with E-state index in [0.717, 1.165) is 10.6 Å². The van der Waals surface area contributed by atoms with Crippen molar-refractivity contribution in [3.8, 4) is 0 Å². The Kier molecular flexibility index (Phi) is 4.22. The van der Waals surface area contributed by atoms with Gasteiger partial charge in [-0.15, -0.1) is 11.3 Å². The number of thiazole rings is 1. The summed E-state index contributed by atoms with van der Waals surface area (Å²) in [4.78, 5) is 4.19. The van der Waals surface area contributed by atoms with Crippen molar-refractivity contribution in [3.05, 3.63) is 50.6 Å². The molecule has 0 spiro atoms. The molecule has 0 saturated carbocycles. The van der Waals surface area contributed by atoms with E-state index in [1.54, 1.807) is 23.6 Å². The Morgan fingerprint density at radius 3 is 2.94 bits per heavy atom. The fourth-order valence-corrected chi connectivity index (χ4v) is 2.44. The van der Waals surface area contributed by atoms with E-state index < -0.39 is 0 Å². The van der Waals surface area contributed by atoms with Crippen molar-refractivity contribution < 1.29 is 4.39 Å². The number of hydrogen-bond acceptors (Lipinski definition) is 4. The summed E-state index contributed by atoms with van der Waals surface area (Å²) in [6.07, 6.45) is 2.39. The molecule has 0 bridgehead atoms. The van der Waals surface area contributed by atoms with Crippen LogP contribution < -0.4 is 11.3 Å². The maximum atomic E-state index is 13.4. The Bertz CT molecular complexity index is 489. The Balaban J connectivity index is 2.20. The number of hydrogen-bond donors (Lipinski definition) is 2. The van der Waals surface area contributed by atoms with Crippen molar-refractivity contribution in [1.82, 2.24) is 10.4 Å². The second-order valence-corrected chi connectivity index (χ2v) is 5.36. The van der Waals surface area contributed by atoms with Crippen molar-refractivity contribution in [2.45, 2.75) is 12.5 Å². The number of rotatable bonds is 4. The van der Waals surface area contributed by atoms with E-state index in [1.807, 2.05) is 11.4 Å². The van der Waals surface area contributed by atoms with E-state index in [4.69, 9.17) is 5.84 Å². The predicted molar refractivity (Wildman–Crippen MR) is 70.0 cm³/mol. The molecule has 1 atom stereocenters. The molecular formula is C11H11BrFN3S. The van der Waals surface area contributed by atoms with Gasteiger partial charge in [-0.2, -0.15) is 0 Å². The second-order valence-electron chi connectivity index (χ2n) is 3.52. The molecule has 1 aromatic heterocycles. The van der Waals surface area contributed by atoms with Crippen molar-refractivity contribution >= 4 is 27.3 Å². The first kappa shape index (κ1) is 12.6. The topological polar surface area (TPSA) is 50.9 Å². The third kappa shape index (κ3) is 3.10. The molecule has 1 aromatic carbocycles. The number of hydrazine groups is 1. The van der Waals surface area contributed by atoms with Gasteiger partial charge in [0.05, 0.1) is 15.5 Å². The zero-order chi connectivity index (χ0) is 12.3. The minimum absolute atomic E-state index is 0.135. The molecule has 1 heterocycles. The molecule has 1 unspecified atom stereocenters. The van der Waals surface area contributed by atoms with Crippen LogP contribution in [0.5, 0.6) is 0 Å². The molecule has 0 fully saturated rings. The first-order valence-corrected chi connectivity index (χ1v) is 6.67. The molecule has 6 heteroatoms. The predicted octanol–water partition coefficient (Wildman–Crippen LogP) is 2.79. The maximum absolute atomic E-state index is 13.4. The van der Waals surface area contributed by atoms with E-state index in [0.29, 0.717) is 10.9 Å². The van der Waals surface area contributed by atoms with Gasteiger partial charge in [-0.3, -0.25) is 11.3 Å². The van der Waals surface area contributed by atoms with Gasteiger partial charge >= 0.3 is 0 Å². The number of benzene rings is 1. The smallest absolute Gasteiger partial charge is 0.137 e. The molecule has 2 aromatic rings. The lowest BCUT2D eigenvalue weighted by molar-refractivity contribution is 0.542. The molecule has 90 valence electrons. The van der Waals surface area contributed by atoms with Crippen LogP contribution in [0.1, 0.15) is 16.6 Å². The van der Waals surface area contributed by atoms with Gasteiger partial charge in [0.2, 0.25) is 0 Å². The highest BCUT2D eigenvalue weighted by atomic mass is 79.9. The standard InChI is InChI=1S/C11H11BrFN3S/c12-8-2-1-7(5-9(8)13)10(16-14)6-11-15-3-4-17-11/h1-5,10,16H,6,14H2. The Morgan fingerprint density at radius 2 is 2.35 bits per heavy atom. The number of nitrogens with one attached hydrogen (secondary N) is 1. The van der Waals surface area contributed by atoms with E-state index in [9.17, 15) is 4.39 Å². The van der Waals surface area contributed by atoms with Gasteiger partial charge in [0.25, 0.3) is 0 Å². The maximum Gasteiger partial charge on any atom is 0.137 e. The van der Waals surface area contributed by atoms with Crippen molar-refractivity contribution in [3.63, 3.8) is 0 Å².